The van der Waals surface area contributed by atoms with E-state index in [-0.39, 0.29) is 6.10 Å². The molecule has 3 aliphatic rings. The van der Waals surface area contributed by atoms with Gasteiger partial charge in [-0.05, 0) is 62.4 Å². The molecule has 0 aromatic heterocycles. The zero-order valence-corrected chi connectivity index (χ0v) is 15.1. The van der Waals surface area contributed by atoms with Gasteiger partial charge in [0.1, 0.15) is 0 Å². The summed E-state index contributed by atoms with van der Waals surface area (Å²) in [6.45, 7) is 0. The largest absolute Gasteiger partial charge is 0.501 e. The number of ether oxygens (including phenoxy) is 1. The van der Waals surface area contributed by atoms with Crippen LogP contribution in [-0.4, -0.2) is 18.3 Å². The van der Waals surface area contributed by atoms with Gasteiger partial charge in [-0.2, -0.15) is 0 Å². The molecule has 0 aromatic carbocycles. The lowest BCUT2D eigenvalue weighted by Gasteiger charge is -2.37. The standard InChI is InChI=1S/C21H36O2/c1-23-21(18-13-8-14-19(22)15-18)20(16-9-4-2-5-10-16)17-11-6-3-7-12-17/h16-19,22H,2-15H2,1H3. The van der Waals surface area contributed by atoms with Crippen molar-refractivity contribution in [1.82, 2.24) is 0 Å². The van der Waals surface area contributed by atoms with Crippen LogP contribution in [0.25, 0.3) is 0 Å². The number of rotatable bonds is 4. The normalized spacial score (nSPS) is 30.9. The van der Waals surface area contributed by atoms with E-state index in [1.165, 1.54) is 76.4 Å². The van der Waals surface area contributed by atoms with Crippen LogP contribution >= 0.6 is 0 Å². The first-order valence-electron chi connectivity index (χ1n) is 10.3. The molecule has 23 heavy (non-hydrogen) atoms. The fraction of sp³-hybridized carbons (Fsp3) is 0.905. The molecule has 2 nitrogen and oxygen atoms in total. The molecule has 0 radical (unpaired) electrons. The molecule has 0 spiro atoms. The van der Waals surface area contributed by atoms with Gasteiger partial charge in [-0.25, -0.2) is 0 Å². The molecule has 0 aliphatic heterocycles. The molecular formula is C21H36O2. The second-order valence-electron chi connectivity index (χ2n) is 8.21. The molecule has 0 bridgehead atoms. The van der Waals surface area contributed by atoms with Crippen LogP contribution in [0.15, 0.2) is 11.3 Å². The highest BCUT2D eigenvalue weighted by atomic mass is 16.5. The molecule has 1 N–H and O–H groups in total. The quantitative estimate of drug-likeness (QED) is 0.683. The van der Waals surface area contributed by atoms with Crippen LogP contribution in [0, 0.1) is 17.8 Å². The summed E-state index contributed by atoms with van der Waals surface area (Å²) in [6, 6.07) is 0. The molecule has 3 rings (SSSR count). The van der Waals surface area contributed by atoms with Gasteiger partial charge in [-0.15, -0.1) is 0 Å². The van der Waals surface area contributed by atoms with Crippen molar-refractivity contribution in [3.05, 3.63) is 11.3 Å². The van der Waals surface area contributed by atoms with Crippen molar-refractivity contribution in [2.75, 3.05) is 7.11 Å². The predicted octanol–water partition coefficient (Wildman–Crippen LogP) is 5.60. The first kappa shape index (κ1) is 17.3. The lowest BCUT2D eigenvalue weighted by Crippen LogP contribution is -2.27. The van der Waals surface area contributed by atoms with Crippen LogP contribution < -0.4 is 0 Å². The van der Waals surface area contributed by atoms with E-state index in [0.29, 0.717) is 5.92 Å². The van der Waals surface area contributed by atoms with E-state index in [4.69, 9.17) is 4.74 Å². The summed E-state index contributed by atoms with van der Waals surface area (Å²) < 4.78 is 6.08. The zero-order valence-electron chi connectivity index (χ0n) is 15.1. The fourth-order valence-electron chi connectivity index (χ4n) is 5.49. The van der Waals surface area contributed by atoms with Crippen molar-refractivity contribution in [3.63, 3.8) is 0 Å². The maximum Gasteiger partial charge on any atom is 0.0984 e. The van der Waals surface area contributed by atoms with E-state index in [2.05, 4.69) is 0 Å². The first-order chi connectivity index (χ1) is 11.3. The third kappa shape index (κ3) is 4.32. The number of hydrogen-bond acceptors (Lipinski definition) is 2. The summed E-state index contributed by atoms with van der Waals surface area (Å²) in [4.78, 5) is 0. The number of aliphatic hydroxyl groups excluding tert-OH is 1. The Morgan fingerprint density at radius 2 is 1.22 bits per heavy atom. The minimum absolute atomic E-state index is 0.113. The van der Waals surface area contributed by atoms with Crippen LogP contribution in [0.1, 0.15) is 89.9 Å². The summed E-state index contributed by atoms with van der Waals surface area (Å²) in [7, 11) is 1.89. The third-order valence-corrected chi connectivity index (χ3v) is 6.61. The Bertz CT molecular complexity index is 369. The molecule has 3 saturated carbocycles. The minimum atomic E-state index is -0.113. The second kappa shape index (κ2) is 8.55. The van der Waals surface area contributed by atoms with Crippen molar-refractivity contribution in [1.29, 1.82) is 0 Å². The Kier molecular flexibility index (Phi) is 6.44. The van der Waals surface area contributed by atoms with Gasteiger partial charge >= 0.3 is 0 Å². The number of hydrogen-bond donors (Lipinski definition) is 1. The molecule has 3 aliphatic carbocycles. The number of allylic oxidation sites excluding steroid dienone is 2. The maximum atomic E-state index is 10.1. The minimum Gasteiger partial charge on any atom is -0.501 e. The smallest absolute Gasteiger partial charge is 0.0984 e. The van der Waals surface area contributed by atoms with Crippen molar-refractivity contribution in [2.45, 2.75) is 96.0 Å². The average Bonchev–Trinajstić information content (AvgIpc) is 2.61. The second-order valence-corrected chi connectivity index (χ2v) is 8.21. The molecule has 2 atom stereocenters. The van der Waals surface area contributed by atoms with Gasteiger partial charge in [0, 0.05) is 5.92 Å². The van der Waals surface area contributed by atoms with E-state index in [1.54, 1.807) is 5.57 Å². The van der Waals surface area contributed by atoms with Gasteiger partial charge in [0.15, 0.2) is 0 Å². The zero-order chi connectivity index (χ0) is 16.1. The van der Waals surface area contributed by atoms with E-state index in [9.17, 15) is 5.11 Å². The fourth-order valence-corrected chi connectivity index (χ4v) is 5.49. The molecule has 0 aromatic rings. The molecule has 0 saturated heterocycles. The average molecular weight is 321 g/mol. The molecular weight excluding hydrogens is 284 g/mol. The van der Waals surface area contributed by atoms with Crippen molar-refractivity contribution in [3.8, 4) is 0 Å². The van der Waals surface area contributed by atoms with Gasteiger partial charge < -0.3 is 9.84 Å². The van der Waals surface area contributed by atoms with E-state index in [0.717, 1.165) is 31.1 Å². The first-order valence-corrected chi connectivity index (χ1v) is 10.3. The summed E-state index contributed by atoms with van der Waals surface area (Å²) in [6.07, 6.45) is 18.0. The Morgan fingerprint density at radius 3 is 1.70 bits per heavy atom. The molecule has 3 fully saturated rings. The SMILES string of the molecule is COC(=C(C1CCCCC1)C1CCCCC1)C1CCCC(O)C1. The number of aliphatic hydroxyl groups is 1. The number of methoxy groups -OCH3 is 1. The monoisotopic (exact) mass is 320 g/mol. The molecule has 2 unspecified atom stereocenters. The predicted molar refractivity (Wildman–Crippen MR) is 95.1 cm³/mol. The summed E-state index contributed by atoms with van der Waals surface area (Å²) in [5.74, 6) is 3.31. The Morgan fingerprint density at radius 1 is 0.696 bits per heavy atom. The lowest BCUT2D eigenvalue weighted by molar-refractivity contribution is 0.0868. The topological polar surface area (TPSA) is 29.5 Å². The van der Waals surface area contributed by atoms with Gasteiger partial charge in [0.25, 0.3) is 0 Å². The van der Waals surface area contributed by atoms with Crippen LogP contribution in [0.4, 0.5) is 0 Å². The van der Waals surface area contributed by atoms with Crippen LogP contribution in [-0.2, 0) is 4.74 Å². The molecule has 0 amide bonds. The highest BCUT2D eigenvalue weighted by Gasteiger charge is 2.33. The highest BCUT2D eigenvalue weighted by Crippen LogP contribution is 2.44. The van der Waals surface area contributed by atoms with Crippen LogP contribution in [0.3, 0.4) is 0 Å². The van der Waals surface area contributed by atoms with Crippen molar-refractivity contribution >= 4 is 0 Å². The summed E-state index contributed by atoms with van der Waals surface area (Å²) in [5.41, 5.74) is 1.70. The van der Waals surface area contributed by atoms with Crippen LogP contribution in [0.5, 0.6) is 0 Å². The Hall–Kier alpha value is -0.500. The maximum absolute atomic E-state index is 10.1. The van der Waals surface area contributed by atoms with Gasteiger partial charge in [0.2, 0.25) is 0 Å². The van der Waals surface area contributed by atoms with Gasteiger partial charge in [0.05, 0.1) is 19.0 Å². The van der Waals surface area contributed by atoms with E-state index in [1.807, 2.05) is 7.11 Å². The Labute approximate surface area is 142 Å². The van der Waals surface area contributed by atoms with E-state index >= 15 is 0 Å². The van der Waals surface area contributed by atoms with Gasteiger partial charge in [-0.1, -0.05) is 44.9 Å². The molecule has 2 heteroatoms. The van der Waals surface area contributed by atoms with Gasteiger partial charge in [-0.3, -0.25) is 0 Å². The van der Waals surface area contributed by atoms with Crippen molar-refractivity contribution in [2.24, 2.45) is 17.8 Å². The lowest BCUT2D eigenvalue weighted by atomic mass is 9.71. The van der Waals surface area contributed by atoms with Crippen molar-refractivity contribution < 1.29 is 9.84 Å². The third-order valence-electron chi connectivity index (χ3n) is 6.61. The Balaban J connectivity index is 1.88. The highest BCUT2D eigenvalue weighted by molar-refractivity contribution is 5.20. The summed E-state index contributed by atoms with van der Waals surface area (Å²) >= 11 is 0. The van der Waals surface area contributed by atoms with Crippen LogP contribution in [0.2, 0.25) is 0 Å². The summed E-state index contributed by atoms with van der Waals surface area (Å²) in [5, 5.41) is 10.1. The molecule has 132 valence electrons. The molecule has 0 heterocycles. The van der Waals surface area contributed by atoms with E-state index < -0.39 is 0 Å².